The first-order chi connectivity index (χ1) is 8.74. The van der Waals surface area contributed by atoms with Crippen LogP contribution in [0.15, 0.2) is 36.4 Å². The molecule has 0 unspecified atom stereocenters. The van der Waals surface area contributed by atoms with Gasteiger partial charge in [0.25, 0.3) is 0 Å². The third-order valence-electron chi connectivity index (χ3n) is 3.75. The Hall–Kier alpha value is -2.01. The molecule has 0 amide bonds. The Morgan fingerprint density at radius 2 is 1.89 bits per heavy atom. The average Bonchev–Trinajstić information content (AvgIpc) is 3.18. The lowest BCUT2D eigenvalue weighted by atomic mass is 9.96. The molecule has 2 heteroatoms. The van der Waals surface area contributed by atoms with Gasteiger partial charge in [-0.1, -0.05) is 24.3 Å². The first-order valence-electron chi connectivity index (χ1n) is 6.23. The molecule has 0 atom stereocenters. The van der Waals surface area contributed by atoms with E-state index in [4.69, 9.17) is 10.00 Å². The van der Waals surface area contributed by atoms with Crippen molar-refractivity contribution in [1.29, 1.82) is 5.26 Å². The van der Waals surface area contributed by atoms with Crippen LogP contribution in [0.2, 0.25) is 0 Å². The fourth-order valence-electron chi connectivity index (χ4n) is 2.38. The van der Waals surface area contributed by atoms with Gasteiger partial charge < -0.3 is 4.74 Å². The molecule has 0 aliphatic heterocycles. The van der Waals surface area contributed by atoms with Gasteiger partial charge >= 0.3 is 0 Å². The molecular weight excluding hydrogens is 222 g/mol. The molecule has 2 nitrogen and oxygen atoms in total. The van der Waals surface area contributed by atoms with Gasteiger partial charge in [0.1, 0.15) is 5.75 Å². The van der Waals surface area contributed by atoms with E-state index in [1.165, 1.54) is 16.3 Å². The number of ether oxygens (including phenoxy) is 1. The Kier molecular flexibility index (Phi) is 2.48. The predicted molar refractivity (Wildman–Crippen MR) is 71.5 cm³/mol. The maximum absolute atomic E-state index is 9.13. The Morgan fingerprint density at radius 3 is 2.56 bits per heavy atom. The highest BCUT2D eigenvalue weighted by atomic mass is 16.5. The van der Waals surface area contributed by atoms with Crippen LogP contribution in [-0.2, 0) is 6.42 Å². The molecule has 90 valence electrons. The fraction of sp³-hybridized carbons (Fsp3) is 0.312. The minimum Gasteiger partial charge on any atom is -0.497 e. The largest absolute Gasteiger partial charge is 0.497 e. The summed E-state index contributed by atoms with van der Waals surface area (Å²) >= 11 is 0. The number of nitriles is 1. The maximum atomic E-state index is 9.13. The van der Waals surface area contributed by atoms with E-state index in [2.05, 4.69) is 30.3 Å². The molecular formula is C16H15NO. The van der Waals surface area contributed by atoms with Crippen molar-refractivity contribution in [3.05, 3.63) is 42.0 Å². The van der Waals surface area contributed by atoms with E-state index >= 15 is 0 Å². The molecule has 0 saturated heterocycles. The number of fused-ring (bicyclic) bond motifs is 1. The van der Waals surface area contributed by atoms with Gasteiger partial charge in [-0.2, -0.15) is 5.26 Å². The van der Waals surface area contributed by atoms with E-state index in [-0.39, 0.29) is 5.41 Å². The molecule has 0 radical (unpaired) electrons. The third kappa shape index (κ3) is 1.93. The van der Waals surface area contributed by atoms with Crippen LogP contribution < -0.4 is 4.74 Å². The molecule has 0 bridgehead atoms. The van der Waals surface area contributed by atoms with Gasteiger partial charge in [-0.3, -0.25) is 0 Å². The lowest BCUT2D eigenvalue weighted by Gasteiger charge is -2.08. The van der Waals surface area contributed by atoms with Gasteiger partial charge in [0, 0.05) is 0 Å². The number of rotatable bonds is 3. The Balaban J connectivity index is 1.94. The van der Waals surface area contributed by atoms with Gasteiger partial charge in [-0.05, 0) is 47.7 Å². The van der Waals surface area contributed by atoms with Crippen molar-refractivity contribution >= 4 is 10.8 Å². The number of methoxy groups -OCH3 is 1. The predicted octanol–water partition coefficient (Wildman–Crippen LogP) is 3.69. The smallest absolute Gasteiger partial charge is 0.119 e. The van der Waals surface area contributed by atoms with E-state index in [1.54, 1.807) is 7.11 Å². The van der Waals surface area contributed by atoms with Crippen LogP contribution >= 0.6 is 0 Å². The number of nitrogens with zero attached hydrogens (tertiary/aromatic N) is 1. The van der Waals surface area contributed by atoms with Crippen LogP contribution in [0.25, 0.3) is 10.8 Å². The lowest BCUT2D eigenvalue weighted by molar-refractivity contribution is 0.415. The SMILES string of the molecule is COc1ccc2cc(CC3(C#N)CC3)ccc2c1. The first-order valence-corrected chi connectivity index (χ1v) is 6.23. The van der Waals surface area contributed by atoms with Crippen molar-refractivity contribution in [3.8, 4) is 11.8 Å². The molecule has 1 aliphatic rings. The van der Waals surface area contributed by atoms with Gasteiger partial charge in [0.15, 0.2) is 0 Å². The number of hydrogen-bond donors (Lipinski definition) is 0. The lowest BCUT2D eigenvalue weighted by Crippen LogP contribution is -2.01. The highest BCUT2D eigenvalue weighted by Gasteiger charge is 2.42. The van der Waals surface area contributed by atoms with Gasteiger partial charge in [0.2, 0.25) is 0 Å². The summed E-state index contributed by atoms with van der Waals surface area (Å²) in [6.07, 6.45) is 2.97. The van der Waals surface area contributed by atoms with Crippen molar-refractivity contribution in [2.45, 2.75) is 19.3 Å². The van der Waals surface area contributed by atoms with E-state index < -0.39 is 0 Å². The summed E-state index contributed by atoms with van der Waals surface area (Å²) in [5.74, 6) is 0.880. The van der Waals surface area contributed by atoms with E-state index in [0.717, 1.165) is 25.0 Å². The normalized spacial score (nSPS) is 16.2. The molecule has 1 aliphatic carbocycles. The van der Waals surface area contributed by atoms with Gasteiger partial charge in [0.05, 0.1) is 18.6 Å². The minimum absolute atomic E-state index is 0.0693. The van der Waals surface area contributed by atoms with Crippen LogP contribution in [-0.4, -0.2) is 7.11 Å². The number of hydrogen-bond acceptors (Lipinski definition) is 2. The molecule has 0 spiro atoms. The van der Waals surface area contributed by atoms with E-state index in [9.17, 15) is 0 Å². The molecule has 3 rings (SSSR count). The summed E-state index contributed by atoms with van der Waals surface area (Å²) in [5, 5.41) is 11.5. The van der Waals surface area contributed by atoms with Crippen molar-refractivity contribution in [2.75, 3.05) is 7.11 Å². The molecule has 2 aromatic carbocycles. The first kappa shape index (κ1) is 11.1. The third-order valence-corrected chi connectivity index (χ3v) is 3.75. The second kappa shape index (κ2) is 4.03. The monoisotopic (exact) mass is 237 g/mol. The van der Waals surface area contributed by atoms with Crippen LogP contribution in [0.3, 0.4) is 0 Å². The molecule has 1 saturated carbocycles. The summed E-state index contributed by atoms with van der Waals surface area (Å²) in [5.41, 5.74) is 1.19. The number of benzene rings is 2. The Morgan fingerprint density at radius 1 is 1.17 bits per heavy atom. The van der Waals surface area contributed by atoms with Crippen molar-refractivity contribution in [3.63, 3.8) is 0 Å². The van der Waals surface area contributed by atoms with Crippen molar-refractivity contribution < 1.29 is 4.74 Å². The maximum Gasteiger partial charge on any atom is 0.119 e. The molecule has 0 N–H and O–H groups in total. The van der Waals surface area contributed by atoms with E-state index in [0.29, 0.717) is 0 Å². The second-order valence-corrected chi connectivity index (χ2v) is 5.12. The average molecular weight is 237 g/mol. The van der Waals surface area contributed by atoms with Crippen LogP contribution in [0.4, 0.5) is 0 Å². The topological polar surface area (TPSA) is 33.0 Å². The zero-order valence-electron chi connectivity index (χ0n) is 10.4. The molecule has 0 heterocycles. The zero-order valence-corrected chi connectivity index (χ0v) is 10.4. The van der Waals surface area contributed by atoms with Crippen molar-refractivity contribution in [2.24, 2.45) is 5.41 Å². The summed E-state index contributed by atoms with van der Waals surface area (Å²) < 4.78 is 5.22. The highest BCUT2D eigenvalue weighted by molar-refractivity contribution is 5.84. The molecule has 1 fully saturated rings. The standard InChI is InChI=1S/C16H15NO/c1-18-15-5-4-13-8-12(2-3-14(13)9-15)10-16(11-17)6-7-16/h2-5,8-9H,6-7,10H2,1H3. The summed E-state index contributed by atoms with van der Waals surface area (Å²) in [4.78, 5) is 0. The van der Waals surface area contributed by atoms with Crippen molar-refractivity contribution in [1.82, 2.24) is 0 Å². The fourth-order valence-corrected chi connectivity index (χ4v) is 2.38. The van der Waals surface area contributed by atoms with Gasteiger partial charge in [-0.25, -0.2) is 0 Å². The quantitative estimate of drug-likeness (QED) is 0.815. The molecule has 2 aromatic rings. The summed E-state index contributed by atoms with van der Waals surface area (Å²) in [7, 11) is 1.68. The Bertz CT molecular complexity index is 635. The van der Waals surface area contributed by atoms with Gasteiger partial charge in [-0.15, -0.1) is 0 Å². The van der Waals surface area contributed by atoms with Crippen LogP contribution in [0.1, 0.15) is 18.4 Å². The van der Waals surface area contributed by atoms with Crippen LogP contribution in [0.5, 0.6) is 5.75 Å². The Labute approximate surface area is 107 Å². The second-order valence-electron chi connectivity index (χ2n) is 5.12. The highest BCUT2D eigenvalue weighted by Crippen LogP contribution is 2.47. The minimum atomic E-state index is -0.0693. The molecule has 18 heavy (non-hydrogen) atoms. The summed E-state index contributed by atoms with van der Waals surface area (Å²) in [6, 6.07) is 15.0. The summed E-state index contributed by atoms with van der Waals surface area (Å²) in [6.45, 7) is 0. The zero-order chi connectivity index (χ0) is 12.6. The van der Waals surface area contributed by atoms with Crippen LogP contribution in [0, 0.1) is 16.7 Å². The van der Waals surface area contributed by atoms with E-state index in [1.807, 2.05) is 12.1 Å². The molecule has 0 aromatic heterocycles.